The number of Topliss-reactive ketones (excluding diaryl/α,β-unsaturated/α-hetero) is 1. The lowest BCUT2D eigenvalue weighted by atomic mass is 9.87. The van der Waals surface area contributed by atoms with E-state index in [1.807, 2.05) is 25.1 Å². The number of rotatable bonds is 5. The van der Waals surface area contributed by atoms with E-state index < -0.39 is 11.6 Å². The maximum absolute atomic E-state index is 12.1. The number of para-hydroxylation sites is 1. The Hall–Kier alpha value is -1.84. The molecule has 0 fully saturated rings. The first-order valence-electron chi connectivity index (χ1n) is 6.53. The number of unbranched alkanes of at least 4 members (excludes halogenated alkanes) is 1. The third kappa shape index (κ3) is 3.34. The lowest BCUT2D eigenvalue weighted by Gasteiger charge is -2.35. The third-order valence-corrected chi connectivity index (χ3v) is 3.42. The topological polar surface area (TPSA) is 63.6 Å². The SMILES string of the molecule is CC1(CCCCC(=O)O)CC(=O)c2ccccc2O1. The maximum Gasteiger partial charge on any atom is 0.303 e. The van der Waals surface area contributed by atoms with Crippen LogP contribution in [0.2, 0.25) is 0 Å². The molecule has 1 heterocycles. The molecule has 0 saturated carbocycles. The molecule has 1 aliphatic rings. The number of carboxylic acids is 1. The van der Waals surface area contributed by atoms with Crippen molar-refractivity contribution in [1.82, 2.24) is 0 Å². The molecule has 0 amide bonds. The second-order valence-electron chi connectivity index (χ2n) is 5.25. The van der Waals surface area contributed by atoms with Gasteiger partial charge in [-0.15, -0.1) is 0 Å². The van der Waals surface area contributed by atoms with Gasteiger partial charge in [-0.1, -0.05) is 12.1 Å². The first-order valence-corrected chi connectivity index (χ1v) is 6.53. The van der Waals surface area contributed by atoms with Crippen LogP contribution in [0.5, 0.6) is 5.75 Å². The molecule has 0 saturated heterocycles. The van der Waals surface area contributed by atoms with Crippen LogP contribution in [-0.2, 0) is 4.79 Å². The predicted molar refractivity (Wildman–Crippen MR) is 70.5 cm³/mol. The van der Waals surface area contributed by atoms with E-state index in [0.717, 1.165) is 6.42 Å². The van der Waals surface area contributed by atoms with Crippen LogP contribution in [-0.4, -0.2) is 22.5 Å². The van der Waals surface area contributed by atoms with Crippen LogP contribution in [0.15, 0.2) is 24.3 Å². The van der Waals surface area contributed by atoms with E-state index in [9.17, 15) is 9.59 Å². The summed E-state index contributed by atoms with van der Waals surface area (Å²) < 4.78 is 5.93. The Morgan fingerprint density at radius 3 is 2.84 bits per heavy atom. The minimum absolute atomic E-state index is 0.0996. The van der Waals surface area contributed by atoms with E-state index in [2.05, 4.69) is 0 Å². The van der Waals surface area contributed by atoms with Crippen LogP contribution < -0.4 is 4.74 Å². The molecule has 1 unspecified atom stereocenters. The van der Waals surface area contributed by atoms with Crippen LogP contribution in [0.4, 0.5) is 0 Å². The van der Waals surface area contributed by atoms with Gasteiger partial charge in [0.15, 0.2) is 5.78 Å². The number of ether oxygens (including phenoxy) is 1. The van der Waals surface area contributed by atoms with E-state index in [1.165, 1.54) is 0 Å². The van der Waals surface area contributed by atoms with Crippen LogP contribution in [0.25, 0.3) is 0 Å². The number of hydrogen-bond donors (Lipinski definition) is 1. The van der Waals surface area contributed by atoms with Gasteiger partial charge in [0.25, 0.3) is 0 Å². The quantitative estimate of drug-likeness (QED) is 0.828. The Balaban J connectivity index is 1.98. The molecule has 1 aromatic carbocycles. The second-order valence-corrected chi connectivity index (χ2v) is 5.25. The van der Waals surface area contributed by atoms with Gasteiger partial charge in [-0.2, -0.15) is 0 Å². The zero-order valence-electron chi connectivity index (χ0n) is 11.0. The lowest BCUT2D eigenvalue weighted by Crippen LogP contribution is -2.39. The van der Waals surface area contributed by atoms with Gasteiger partial charge in [-0.3, -0.25) is 9.59 Å². The second kappa shape index (κ2) is 5.43. The first kappa shape index (κ1) is 13.6. The van der Waals surface area contributed by atoms with E-state index in [0.29, 0.717) is 30.6 Å². The van der Waals surface area contributed by atoms with Gasteiger partial charge in [-0.25, -0.2) is 0 Å². The summed E-state index contributed by atoms with van der Waals surface area (Å²) in [5.74, 6) is -0.0433. The largest absolute Gasteiger partial charge is 0.486 e. The molecule has 0 radical (unpaired) electrons. The summed E-state index contributed by atoms with van der Waals surface area (Å²) in [6, 6.07) is 7.27. The Labute approximate surface area is 112 Å². The molecule has 1 atom stereocenters. The van der Waals surface area contributed by atoms with Crippen molar-refractivity contribution in [2.45, 2.75) is 44.6 Å². The van der Waals surface area contributed by atoms with Gasteiger partial charge in [-0.05, 0) is 38.3 Å². The number of aliphatic carboxylic acids is 1. The van der Waals surface area contributed by atoms with Gasteiger partial charge >= 0.3 is 5.97 Å². The maximum atomic E-state index is 12.1. The highest BCUT2D eigenvalue weighted by atomic mass is 16.5. The number of ketones is 1. The Kier molecular flexibility index (Phi) is 3.88. The van der Waals surface area contributed by atoms with Crippen molar-refractivity contribution in [3.63, 3.8) is 0 Å². The molecular weight excluding hydrogens is 244 g/mol. The fraction of sp³-hybridized carbons (Fsp3) is 0.467. The third-order valence-electron chi connectivity index (χ3n) is 3.42. The van der Waals surface area contributed by atoms with Crippen molar-refractivity contribution in [2.24, 2.45) is 0 Å². The zero-order chi connectivity index (χ0) is 13.9. The number of carboxylic acid groups (broad SMARTS) is 1. The molecular formula is C15H18O4. The Morgan fingerprint density at radius 2 is 2.11 bits per heavy atom. The molecule has 4 heteroatoms. The van der Waals surface area contributed by atoms with Crippen LogP contribution >= 0.6 is 0 Å². The normalized spacial score (nSPS) is 21.6. The number of fused-ring (bicyclic) bond motifs is 1. The summed E-state index contributed by atoms with van der Waals surface area (Å²) in [6.45, 7) is 1.92. The fourth-order valence-electron chi connectivity index (χ4n) is 2.44. The van der Waals surface area contributed by atoms with E-state index in [-0.39, 0.29) is 12.2 Å². The van der Waals surface area contributed by atoms with Crippen molar-refractivity contribution in [3.05, 3.63) is 29.8 Å². The molecule has 1 aromatic rings. The van der Waals surface area contributed by atoms with Crippen molar-refractivity contribution < 1.29 is 19.4 Å². The van der Waals surface area contributed by atoms with Gasteiger partial charge in [0, 0.05) is 6.42 Å². The minimum Gasteiger partial charge on any atom is -0.486 e. The van der Waals surface area contributed by atoms with Crippen molar-refractivity contribution >= 4 is 11.8 Å². The highest BCUT2D eigenvalue weighted by molar-refractivity contribution is 6.00. The molecule has 2 rings (SSSR count). The number of carbonyl (C=O) groups excluding carboxylic acids is 1. The van der Waals surface area contributed by atoms with Crippen LogP contribution in [0.1, 0.15) is 49.4 Å². The highest BCUT2D eigenvalue weighted by Gasteiger charge is 2.35. The molecule has 1 aliphatic heterocycles. The summed E-state index contributed by atoms with van der Waals surface area (Å²) in [7, 11) is 0. The van der Waals surface area contributed by atoms with Crippen LogP contribution in [0, 0.1) is 0 Å². The first-order chi connectivity index (χ1) is 9.00. The molecule has 0 spiro atoms. The van der Waals surface area contributed by atoms with Gasteiger partial charge in [0.05, 0.1) is 12.0 Å². The molecule has 19 heavy (non-hydrogen) atoms. The average Bonchev–Trinajstić information content (AvgIpc) is 2.34. The summed E-state index contributed by atoms with van der Waals surface area (Å²) in [6.07, 6.45) is 2.58. The smallest absolute Gasteiger partial charge is 0.303 e. The number of carbonyl (C=O) groups is 2. The molecule has 1 N–H and O–H groups in total. The van der Waals surface area contributed by atoms with Crippen molar-refractivity contribution in [3.8, 4) is 5.75 Å². The Morgan fingerprint density at radius 1 is 1.37 bits per heavy atom. The zero-order valence-corrected chi connectivity index (χ0v) is 11.0. The summed E-state index contributed by atoms with van der Waals surface area (Å²) >= 11 is 0. The molecule has 0 bridgehead atoms. The van der Waals surface area contributed by atoms with Crippen molar-refractivity contribution in [2.75, 3.05) is 0 Å². The molecule has 102 valence electrons. The highest BCUT2D eigenvalue weighted by Crippen LogP contribution is 2.35. The Bertz CT molecular complexity index is 495. The van der Waals surface area contributed by atoms with Crippen molar-refractivity contribution in [1.29, 1.82) is 0 Å². The minimum atomic E-state index is -0.781. The van der Waals surface area contributed by atoms with E-state index in [4.69, 9.17) is 9.84 Å². The van der Waals surface area contributed by atoms with Gasteiger partial charge < -0.3 is 9.84 Å². The average molecular weight is 262 g/mol. The summed E-state index contributed by atoms with van der Waals surface area (Å²) in [4.78, 5) is 22.5. The summed E-state index contributed by atoms with van der Waals surface area (Å²) in [5, 5.41) is 8.60. The van der Waals surface area contributed by atoms with E-state index in [1.54, 1.807) is 6.07 Å². The molecule has 0 aromatic heterocycles. The standard InChI is InChI=1S/C15H18O4/c1-15(9-5-4-8-14(17)18)10-12(16)11-6-2-3-7-13(11)19-15/h2-3,6-7H,4-5,8-10H2,1H3,(H,17,18). The number of hydrogen-bond acceptors (Lipinski definition) is 3. The lowest BCUT2D eigenvalue weighted by molar-refractivity contribution is -0.137. The summed E-state index contributed by atoms with van der Waals surface area (Å²) in [5.41, 5.74) is 0.134. The van der Waals surface area contributed by atoms with E-state index >= 15 is 0 Å². The van der Waals surface area contributed by atoms with Gasteiger partial charge in [0.1, 0.15) is 11.4 Å². The number of benzene rings is 1. The van der Waals surface area contributed by atoms with Gasteiger partial charge in [0.2, 0.25) is 0 Å². The van der Waals surface area contributed by atoms with Crippen LogP contribution in [0.3, 0.4) is 0 Å². The molecule has 0 aliphatic carbocycles. The predicted octanol–water partition coefficient (Wildman–Crippen LogP) is 3.06. The fourth-order valence-corrected chi connectivity index (χ4v) is 2.44. The molecule has 4 nitrogen and oxygen atoms in total. The monoisotopic (exact) mass is 262 g/mol.